The van der Waals surface area contributed by atoms with Crippen LogP contribution in [0.25, 0.3) is 11.4 Å². The highest BCUT2D eigenvalue weighted by molar-refractivity contribution is 5.56. The predicted molar refractivity (Wildman–Crippen MR) is 86.4 cm³/mol. The predicted octanol–water partition coefficient (Wildman–Crippen LogP) is 2.23. The molecule has 22 heavy (non-hydrogen) atoms. The van der Waals surface area contributed by atoms with Crippen molar-refractivity contribution in [3.63, 3.8) is 0 Å². The normalized spacial score (nSPS) is 21.6. The third-order valence-electron chi connectivity index (χ3n) is 4.28. The van der Waals surface area contributed by atoms with Crippen molar-refractivity contribution in [2.24, 2.45) is 5.73 Å². The van der Waals surface area contributed by atoms with Crippen molar-refractivity contribution in [1.82, 2.24) is 19.9 Å². The molecule has 2 aromatic rings. The van der Waals surface area contributed by atoms with E-state index in [1.807, 2.05) is 13.8 Å². The van der Waals surface area contributed by atoms with Gasteiger partial charge in [0, 0.05) is 29.5 Å². The summed E-state index contributed by atoms with van der Waals surface area (Å²) in [6, 6.07) is 2.79. The maximum atomic E-state index is 5.94. The number of nitrogens with zero attached hydrogens (tertiary/aromatic N) is 4. The first-order valence-electron chi connectivity index (χ1n) is 7.76. The Labute approximate surface area is 130 Å². The van der Waals surface area contributed by atoms with Crippen molar-refractivity contribution >= 4 is 5.95 Å². The van der Waals surface area contributed by atoms with Crippen molar-refractivity contribution in [1.29, 1.82) is 0 Å². The second-order valence-electron chi connectivity index (χ2n) is 6.02. The van der Waals surface area contributed by atoms with E-state index in [0.29, 0.717) is 23.9 Å². The van der Waals surface area contributed by atoms with E-state index >= 15 is 0 Å². The first kappa shape index (κ1) is 14.8. The lowest BCUT2D eigenvalue weighted by Crippen LogP contribution is -2.33. The molecule has 6 heteroatoms. The fourth-order valence-corrected chi connectivity index (χ4v) is 2.72. The maximum Gasteiger partial charge on any atom is 0.226 e. The SMILES string of the molecule is Cc1cc(-c2ncnc(NC3CCC(N)CC3)n2)cnc1C. The van der Waals surface area contributed by atoms with Crippen molar-refractivity contribution < 1.29 is 0 Å². The fourth-order valence-electron chi connectivity index (χ4n) is 2.72. The van der Waals surface area contributed by atoms with Gasteiger partial charge in [-0.15, -0.1) is 0 Å². The van der Waals surface area contributed by atoms with Gasteiger partial charge in [0.2, 0.25) is 5.95 Å². The summed E-state index contributed by atoms with van der Waals surface area (Å²) in [7, 11) is 0. The van der Waals surface area contributed by atoms with Gasteiger partial charge in [-0.3, -0.25) is 4.98 Å². The standard InChI is InChI=1S/C16H22N6/c1-10-7-12(8-18-11(10)2)15-19-9-20-16(22-15)21-14-5-3-13(17)4-6-14/h7-9,13-14H,3-6,17H2,1-2H3,(H,19,20,21,22). The molecule has 1 aliphatic carbocycles. The molecule has 2 aromatic heterocycles. The van der Waals surface area contributed by atoms with Crippen molar-refractivity contribution in [3.8, 4) is 11.4 Å². The Balaban J connectivity index is 1.76. The first-order chi connectivity index (χ1) is 10.6. The van der Waals surface area contributed by atoms with E-state index < -0.39 is 0 Å². The van der Waals surface area contributed by atoms with Crippen LogP contribution in [-0.2, 0) is 0 Å². The Morgan fingerprint density at radius 1 is 1.09 bits per heavy atom. The van der Waals surface area contributed by atoms with Crippen molar-refractivity contribution in [3.05, 3.63) is 29.8 Å². The lowest BCUT2D eigenvalue weighted by atomic mass is 9.92. The van der Waals surface area contributed by atoms with E-state index in [1.165, 1.54) is 0 Å². The lowest BCUT2D eigenvalue weighted by Gasteiger charge is -2.26. The van der Waals surface area contributed by atoms with Gasteiger partial charge in [0.1, 0.15) is 6.33 Å². The highest BCUT2D eigenvalue weighted by Gasteiger charge is 2.19. The summed E-state index contributed by atoms with van der Waals surface area (Å²) in [4.78, 5) is 17.4. The van der Waals surface area contributed by atoms with E-state index in [0.717, 1.165) is 42.5 Å². The molecule has 6 nitrogen and oxygen atoms in total. The van der Waals surface area contributed by atoms with Gasteiger partial charge in [0.05, 0.1) is 0 Å². The first-order valence-corrected chi connectivity index (χ1v) is 7.76. The molecule has 1 fully saturated rings. The zero-order valence-electron chi connectivity index (χ0n) is 13.1. The highest BCUT2D eigenvalue weighted by Crippen LogP contribution is 2.21. The summed E-state index contributed by atoms with van der Waals surface area (Å²) in [5.41, 5.74) is 9.01. The summed E-state index contributed by atoms with van der Waals surface area (Å²) in [6.45, 7) is 4.03. The number of hydrogen-bond donors (Lipinski definition) is 2. The zero-order chi connectivity index (χ0) is 15.5. The average molecular weight is 298 g/mol. The van der Waals surface area contributed by atoms with Crippen molar-refractivity contribution in [2.75, 3.05) is 5.32 Å². The minimum Gasteiger partial charge on any atom is -0.351 e. The number of hydrogen-bond acceptors (Lipinski definition) is 6. The smallest absolute Gasteiger partial charge is 0.226 e. The molecule has 1 aliphatic rings. The molecule has 0 bridgehead atoms. The maximum absolute atomic E-state index is 5.94. The summed E-state index contributed by atoms with van der Waals surface area (Å²) in [5, 5.41) is 3.40. The van der Waals surface area contributed by atoms with Gasteiger partial charge >= 0.3 is 0 Å². The average Bonchev–Trinajstić information content (AvgIpc) is 2.53. The van der Waals surface area contributed by atoms with Gasteiger partial charge in [-0.1, -0.05) is 0 Å². The molecule has 0 spiro atoms. The minimum absolute atomic E-state index is 0.341. The molecule has 0 amide bonds. The van der Waals surface area contributed by atoms with E-state index in [4.69, 9.17) is 5.73 Å². The summed E-state index contributed by atoms with van der Waals surface area (Å²) in [6.07, 6.45) is 7.59. The molecule has 1 saturated carbocycles. The zero-order valence-corrected chi connectivity index (χ0v) is 13.1. The Morgan fingerprint density at radius 2 is 1.86 bits per heavy atom. The van der Waals surface area contributed by atoms with E-state index in [1.54, 1.807) is 12.5 Å². The van der Waals surface area contributed by atoms with Crippen LogP contribution in [0.5, 0.6) is 0 Å². The van der Waals surface area contributed by atoms with Crippen LogP contribution in [0.4, 0.5) is 5.95 Å². The van der Waals surface area contributed by atoms with Gasteiger partial charge in [-0.25, -0.2) is 9.97 Å². The number of rotatable bonds is 3. The molecule has 3 N–H and O–H groups in total. The summed E-state index contributed by atoms with van der Waals surface area (Å²) < 4.78 is 0. The number of anilines is 1. The molecule has 0 atom stereocenters. The third kappa shape index (κ3) is 3.39. The van der Waals surface area contributed by atoms with Crippen LogP contribution in [0.1, 0.15) is 36.9 Å². The fraction of sp³-hybridized carbons (Fsp3) is 0.500. The van der Waals surface area contributed by atoms with E-state index in [2.05, 4.69) is 31.3 Å². The minimum atomic E-state index is 0.341. The number of nitrogens with two attached hydrogens (primary N) is 1. The monoisotopic (exact) mass is 298 g/mol. The Morgan fingerprint density at radius 3 is 2.59 bits per heavy atom. The largest absolute Gasteiger partial charge is 0.351 e. The summed E-state index contributed by atoms with van der Waals surface area (Å²) in [5.74, 6) is 1.28. The van der Waals surface area contributed by atoms with Crippen molar-refractivity contribution in [2.45, 2.75) is 51.6 Å². The number of aromatic nitrogens is 4. The summed E-state index contributed by atoms with van der Waals surface area (Å²) >= 11 is 0. The molecule has 0 aliphatic heterocycles. The van der Waals surface area contributed by atoms with Gasteiger partial charge in [-0.2, -0.15) is 4.98 Å². The Hall–Kier alpha value is -2.08. The van der Waals surface area contributed by atoms with E-state index in [9.17, 15) is 0 Å². The second kappa shape index (κ2) is 6.36. The van der Waals surface area contributed by atoms with Crippen LogP contribution in [0.3, 0.4) is 0 Å². The number of aryl methyl sites for hydroxylation is 2. The Kier molecular flexibility index (Phi) is 4.29. The quantitative estimate of drug-likeness (QED) is 0.903. The van der Waals surface area contributed by atoms with E-state index in [-0.39, 0.29) is 0 Å². The molecular weight excluding hydrogens is 276 g/mol. The number of nitrogens with one attached hydrogen (secondary N) is 1. The van der Waals surface area contributed by atoms with Gasteiger partial charge in [-0.05, 0) is 51.2 Å². The highest BCUT2D eigenvalue weighted by atomic mass is 15.2. The third-order valence-corrected chi connectivity index (χ3v) is 4.28. The Bertz CT molecular complexity index is 649. The molecule has 0 saturated heterocycles. The van der Waals surface area contributed by atoms with Crippen LogP contribution < -0.4 is 11.1 Å². The lowest BCUT2D eigenvalue weighted by molar-refractivity contribution is 0.410. The van der Waals surface area contributed by atoms with Gasteiger partial charge in [0.25, 0.3) is 0 Å². The van der Waals surface area contributed by atoms with Crippen LogP contribution in [0.2, 0.25) is 0 Å². The number of pyridine rings is 1. The molecule has 0 aromatic carbocycles. The van der Waals surface area contributed by atoms with Crippen LogP contribution in [0, 0.1) is 13.8 Å². The van der Waals surface area contributed by atoms with Crippen LogP contribution in [-0.4, -0.2) is 32.0 Å². The molecule has 2 heterocycles. The molecule has 3 rings (SSSR count). The van der Waals surface area contributed by atoms with Crippen LogP contribution in [0.15, 0.2) is 18.6 Å². The second-order valence-corrected chi connectivity index (χ2v) is 6.02. The molecule has 0 radical (unpaired) electrons. The molecule has 0 unspecified atom stereocenters. The van der Waals surface area contributed by atoms with Gasteiger partial charge < -0.3 is 11.1 Å². The van der Waals surface area contributed by atoms with Crippen LogP contribution >= 0.6 is 0 Å². The van der Waals surface area contributed by atoms with Gasteiger partial charge in [0.15, 0.2) is 5.82 Å². The molecule has 116 valence electrons. The molecular formula is C16H22N6. The topological polar surface area (TPSA) is 89.6 Å².